The number of amides is 1. The molecule has 0 rings (SSSR count). The van der Waals surface area contributed by atoms with E-state index in [1.54, 1.807) is 6.08 Å². The average Bonchev–Trinajstić information content (AvgIpc) is 2.41. The van der Waals surface area contributed by atoms with E-state index in [1.807, 2.05) is 17.8 Å². The van der Waals surface area contributed by atoms with Crippen LogP contribution in [0, 0.1) is 0 Å². The fraction of sp³-hybridized carbons (Fsp3) is 0.812. The first kappa shape index (κ1) is 18.6. The molecule has 0 unspecified atom stereocenters. The van der Waals surface area contributed by atoms with Gasteiger partial charge < -0.3 is 5.32 Å². The quantitative estimate of drug-likeness (QED) is 0.397. The second-order valence-corrected chi connectivity index (χ2v) is 6.09. The summed E-state index contributed by atoms with van der Waals surface area (Å²) in [5, 5.41) is 2.92. The Kier molecular flexibility index (Phi) is 15.3. The second kappa shape index (κ2) is 15.6. The molecule has 0 aliphatic heterocycles. The molecule has 19 heavy (non-hydrogen) atoms. The van der Waals surface area contributed by atoms with Gasteiger partial charge in [0.2, 0.25) is 5.91 Å². The standard InChI is InChI=1S/C16H31NOS/c1-3-5-7-8-9-10-11-12-16(18)17-13-15-19-14-6-4-2/h11-12H,3-10,13-15H2,1-2H3,(H,17,18). The lowest BCUT2D eigenvalue weighted by Crippen LogP contribution is -2.23. The molecule has 0 fully saturated rings. The molecular formula is C16H31NOS. The van der Waals surface area contributed by atoms with Crippen LogP contribution in [0.1, 0.15) is 65.2 Å². The van der Waals surface area contributed by atoms with Gasteiger partial charge in [0.1, 0.15) is 0 Å². The lowest BCUT2D eigenvalue weighted by atomic mass is 10.1. The Bertz CT molecular complexity index is 229. The van der Waals surface area contributed by atoms with Gasteiger partial charge in [-0.2, -0.15) is 11.8 Å². The smallest absolute Gasteiger partial charge is 0.243 e. The number of carbonyl (C=O) groups excluding carboxylic acids is 1. The van der Waals surface area contributed by atoms with Gasteiger partial charge in [0, 0.05) is 12.3 Å². The van der Waals surface area contributed by atoms with Crippen LogP contribution in [-0.2, 0) is 4.79 Å². The number of allylic oxidation sites excluding steroid dienone is 1. The first-order valence-corrected chi connectivity index (χ1v) is 8.98. The number of unbranched alkanes of at least 4 members (excludes halogenated alkanes) is 6. The highest BCUT2D eigenvalue weighted by Gasteiger charge is 1.94. The van der Waals surface area contributed by atoms with Gasteiger partial charge in [-0.05, 0) is 31.1 Å². The first-order chi connectivity index (χ1) is 9.31. The van der Waals surface area contributed by atoms with E-state index in [4.69, 9.17) is 0 Å². The van der Waals surface area contributed by atoms with Crippen molar-refractivity contribution in [2.45, 2.75) is 65.2 Å². The van der Waals surface area contributed by atoms with Gasteiger partial charge in [-0.25, -0.2) is 0 Å². The third-order valence-electron chi connectivity index (χ3n) is 2.93. The minimum absolute atomic E-state index is 0.0599. The third kappa shape index (κ3) is 15.5. The minimum atomic E-state index is 0.0599. The molecule has 0 heterocycles. The first-order valence-electron chi connectivity index (χ1n) is 7.83. The van der Waals surface area contributed by atoms with Gasteiger partial charge in [-0.1, -0.05) is 52.0 Å². The highest BCUT2D eigenvalue weighted by Crippen LogP contribution is 2.05. The molecule has 0 aromatic heterocycles. The minimum Gasteiger partial charge on any atom is -0.352 e. The Morgan fingerprint density at radius 1 is 1.00 bits per heavy atom. The van der Waals surface area contributed by atoms with Crippen molar-refractivity contribution in [1.82, 2.24) is 5.32 Å². The Morgan fingerprint density at radius 2 is 1.74 bits per heavy atom. The van der Waals surface area contributed by atoms with Crippen LogP contribution in [0.25, 0.3) is 0 Å². The Balaban J connectivity index is 3.28. The maximum atomic E-state index is 11.5. The zero-order chi connectivity index (χ0) is 14.2. The van der Waals surface area contributed by atoms with E-state index >= 15 is 0 Å². The van der Waals surface area contributed by atoms with Crippen LogP contribution in [0.15, 0.2) is 12.2 Å². The lowest BCUT2D eigenvalue weighted by Gasteiger charge is -2.02. The third-order valence-corrected chi connectivity index (χ3v) is 4.00. The van der Waals surface area contributed by atoms with Crippen molar-refractivity contribution >= 4 is 17.7 Å². The Labute approximate surface area is 123 Å². The molecule has 1 amide bonds. The molecule has 0 aromatic carbocycles. The Hall–Kier alpha value is -0.440. The van der Waals surface area contributed by atoms with Gasteiger partial charge >= 0.3 is 0 Å². The Morgan fingerprint density at radius 3 is 2.47 bits per heavy atom. The van der Waals surface area contributed by atoms with E-state index in [9.17, 15) is 4.79 Å². The van der Waals surface area contributed by atoms with Crippen LogP contribution >= 0.6 is 11.8 Å². The molecule has 112 valence electrons. The molecular weight excluding hydrogens is 254 g/mol. The van der Waals surface area contributed by atoms with Crippen LogP contribution < -0.4 is 5.32 Å². The summed E-state index contributed by atoms with van der Waals surface area (Å²) in [4.78, 5) is 11.5. The highest BCUT2D eigenvalue weighted by molar-refractivity contribution is 7.99. The summed E-state index contributed by atoms with van der Waals surface area (Å²) in [7, 11) is 0. The van der Waals surface area contributed by atoms with E-state index in [0.717, 1.165) is 18.7 Å². The fourth-order valence-corrected chi connectivity index (χ4v) is 2.65. The SMILES string of the molecule is CCCCCCCC=CC(=O)NCCSCCCC. The number of carbonyl (C=O) groups is 1. The summed E-state index contributed by atoms with van der Waals surface area (Å²) in [6.45, 7) is 5.22. The maximum Gasteiger partial charge on any atom is 0.243 e. The van der Waals surface area contributed by atoms with Crippen molar-refractivity contribution in [2.75, 3.05) is 18.1 Å². The topological polar surface area (TPSA) is 29.1 Å². The predicted molar refractivity (Wildman–Crippen MR) is 87.8 cm³/mol. The van der Waals surface area contributed by atoms with Crippen LogP contribution in [-0.4, -0.2) is 24.0 Å². The molecule has 0 atom stereocenters. The normalized spacial score (nSPS) is 11.1. The van der Waals surface area contributed by atoms with Gasteiger partial charge in [0.25, 0.3) is 0 Å². The van der Waals surface area contributed by atoms with E-state index < -0.39 is 0 Å². The van der Waals surface area contributed by atoms with E-state index in [-0.39, 0.29) is 5.91 Å². The molecule has 0 aromatic rings. The van der Waals surface area contributed by atoms with Crippen LogP contribution in [0.3, 0.4) is 0 Å². The van der Waals surface area contributed by atoms with Crippen LogP contribution in [0.2, 0.25) is 0 Å². The van der Waals surface area contributed by atoms with Crippen molar-refractivity contribution in [3.63, 3.8) is 0 Å². The summed E-state index contributed by atoms with van der Waals surface area (Å²) in [5.41, 5.74) is 0. The van der Waals surface area contributed by atoms with Crippen LogP contribution in [0.5, 0.6) is 0 Å². The molecule has 0 saturated heterocycles. The summed E-state index contributed by atoms with van der Waals surface area (Å²) in [6.07, 6.45) is 13.7. The van der Waals surface area contributed by atoms with Crippen molar-refractivity contribution < 1.29 is 4.79 Å². The molecule has 0 bridgehead atoms. The number of hydrogen-bond donors (Lipinski definition) is 1. The summed E-state index contributed by atoms with van der Waals surface area (Å²) in [5.74, 6) is 2.29. The van der Waals surface area contributed by atoms with Crippen molar-refractivity contribution in [1.29, 1.82) is 0 Å². The molecule has 3 heteroatoms. The van der Waals surface area contributed by atoms with E-state index in [2.05, 4.69) is 19.2 Å². The van der Waals surface area contributed by atoms with Crippen molar-refractivity contribution in [3.05, 3.63) is 12.2 Å². The molecule has 2 nitrogen and oxygen atoms in total. The lowest BCUT2D eigenvalue weighted by molar-refractivity contribution is -0.116. The van der Waals surface area contributed by atoms with Crippen molar-refractivity contribution in [3.8, 4) is 0 Å². The number of rotatable bonds is 13. The van der Waals surface area contributed by atoms with E-state index in [1.165, 1.54) is 50.7 Å². The maximum absolute atomic E-state index is 11.5. The zero-order valence-corrected chi connectivity index (χ0v) is 13.6. The summed E-state index contributed by atoms with van der Waals surface area (Å²) in [6, 6.07) is 0. The molecule has 0 aliphatic carbocycles. The molecule has 0 spiro atoms. The zero-order valence-electron chi connectivity index (χ0n) is 12.7. The van der Waals surface area contributed by atoms with Gasteiger partial charge in [-0.15, -0.1) is 0 Å². The number of hydrogen-bond acceptors (Lipinski definition) is 2. The molecule has 1 N–H and O–H groups in total. The molecule has 0 saturated carbocycles. The fourth-order valence-electron chi connectivity index (χ4n) is 1.71. The number of thioether (sulfide) groups is 1. The highest BCUT2D eigenvalue weighted by atomic mass is 32.2. The van der Waals surface area contributed by atoms with Gasteiger partial charge in [0.15, 0.2) is 0 Å². The van der Waals surface area contributed by atoms with Crippen molar-refractivity contribution in [2.24, 2.45) is 0 Å². The van der Waals surface area contributed by atoms with Crippen LogP contribution in [0.4, 0.5) is 0 Å². The summed E-state index contributed by atoms with van der Waals surface area (Å²) >= 11 is 1.92. The second-order valence-electron chi connectivity index (χ2n) is 4.86. The van der Waals surface area contributed by atoms with E-state index in [0.29, 0.717) is 0 Å². The molecule has 0 radical (unpaired) electrons. The molecule has 0 aliphatic rings. The predicted octanol–water partition coefficient (Wildman–Crippen LogP) is 4.55. The monoisotopic (exact) mass is 285 g/mol. The summed E-state index contributed by atoms with van der Waals surface area (Å²) < 4.78 is 0. The number of nitrogens with one attached hydrogen (secondary N) is 1. The van der Waals surface area contributed by atoms with Gasteiger partial charge in [0.05, 0.1) is 0 Å². The largest absolute Gasteiger partial charge is 0.352 e. The van der Waals surface area contributed by atoms with Gasteiger partial charge in [-0.3, -0.25) is 4.79 Å². The average molecular weight is 285 g/mol.